The average Bonchev–Trinajstić information content (AvgIpc) is 2.96. The van der Waals surface area contributed by atoms with Crippen LogP contribution in [-0.4, -0.2) is 39.3 Å². The molecule has 1 aromatic carbocycles. The number of benzene rings is 1. The maximum Gasteiger partial charge on any atom is 0.305 e. The third-order valence-electron chi connectivity index (χ3n) is 3.07. The zero-order valence-electron chi connectivity index (χ0n) is 12.3. The number of nitrogens with zero attached hydrogens (tertiary/aromatic N) is 3. The molecule has 0 radical (unpaired) electrons. The van der Waals surface area contributed by atoms with Crippen molar-refractivity contribution in [2.45, 2.75) is 19.4 Å². The van der Waals surface area contributed by atoms with Crippen LogP contribution >= 0.6 is 0 Å². The number of ether oxygens (including phenoxy) is 1. The van der Waals surface area contributed by atoms with Crippen molar-refractivity contribution < 1.29 is 14.6 Å². The number of carboxylic acid groups (broad SMARTS) is 1. The van der Waals surface area contributed by atoms with E-state index in [0.717, 1.165) is 23.2 Å². The maximum atomic E-state index is 10.4. The van der Waals surface area contributed by atoms with Crippen molar-refractivity contribution in [2.24, 2.45) is 0 Å². The summed E-state index contributed by atoms with van der Waals surface area (Å²) in [6, 6.07) is 8.01. The standard InChI is InChI=1S/C16H19N3O3/c1-2-8-19-12-15(17-18-19)14-5-3-4-13(11-14)6-9-22-10-7-16(20)21/h2-5,11-12H,1,6-10H2,(H,20,21). The van der Waals surface area contributed by atoms with E-state index in [1.165, 1.54) is 0 Å². The first-order valence-corrected chi connectivity index (χ1v) is 7.09. The van der Waals surface area contributed by atoms with E-state index in [1.54, 1.807) is 10.8 Å². The molecule has 0 spiro atoms. The number of aliphatic carboxylic acids is 1. The van der Waals surface area contributed by atoms with Crippen LogP contribution < -0.4 is 0 Å². The largest absolute Gasteiger partial charge is 0.481 e. The van der Waals surface area contributed by atoms with Gasteiger partial charge in [-0.15, -0.1) is 11.7 Å². The normalized spacial score (nSPS) is 10.5. The van der Waals surface area contributed by atoms with Crippen LogP contribution in [0.1, 0.15) is 12.0 Å². The summed E-state index contributed by atoms with van der Waals surface area (Å²) < 4.78 is 7.03. The van der Waals surface area contributed by atoms with Gasteiger partial charge >= 0.3 is 5.97 Å². The zero-order valence-corrected chi connectivity index (χ0v) is 12.3. The highest BCUT2D eigenvalue weighted by molar-refractivity contribution is 5.66. The third kappa shape index (κ3) is 4.82. The average molecular weight is 301 g/mol. The predicted molar refractivity (Wildman–Crippen MR) is 82.4 cm³/mol. The van der Waals surface area contributed by atoms with Crippen molar-refractivity contribution in [1.29, 1.82) is 0 Å². The van der Waals surface area contributed by atoms with Crippen molar-refractivity contribution in [3.8, 4) is 11.3 Å². The molecule has 1 N–H and O–H groups in total. The van der Waals surface area contributed by atoms with Gasteiger partial charge in [-0.05, 0) is 18.1 Å². The van der Waals surface area contributed by atoms with Crippen molar-refractivity contribution in [3.63, 3.8) is 0 Å². The summed E-state index contributed by atoms with van der Waals surface area (Å²) >= 11 is 0. The molecule has 116 valence electrons. The Bertz CT molecular complexity index is 637. The minimum atomic E-state index is -0.843. The van der Waals surface area contributed by atoms with Gasteiger partial charge in [0.1, 0.15) is 5.69 Å². The van der Waals surface area contributed by atoms with Gasteiger partial charge in [-0.3, -0.25) is 4.79 Å². The molecule has 0 fully saturated rings. The number of carbonyl (C=O) groups is 1. The number of rotatable bonds is 9. The van der Waals surface area contributed by atoms with Gasteiger partial charge in [0.05, 0.1) is 32.4 Å². The Labute approximate surface area is 129 Å². The molecule has 0 unspecified atom stereocenters. The van der Waals surface area contributed by atoms with Crippen molar-refractivity contribution in [2.75, 3.05) is 13.2 Å². The summed E-state index contributed by atoms with van der Waals surface area (Å²) in [5.74, 6) is -0.843. The minimum absolute atomic E-state index is 0.0342. The van der Waals surface area contributed by atoms with Crippen LogP contribution in [0.3, 0.4) is 0 Å². The van der Waals surface area contributed by atoms with Crippen LogP contribution in [0, 0.1) is 0 Å². The van der Waals surface area contributed by atoms with Gasteiger partial charge in [0.15, 0.2) is 0 Å². The molecule has 0 saturated carbocycles. The topological polar surface area (TPSA) is 77.2 Å². The lowest BCUT2D eigenvalue weighted by molar-refractivity contribution is -0.138. The molecule has 0 aliphatic rings. The Balaban J connectivity index is 1.91. The number of hydrogen-bond donors (Lipinski definition) is 1. The van der Waals surface area contributed by atoms with Gasteiger partial charge in [-0.25, -0.2) is 4.68 Å². The van der Waals surface area contributed by atoms with Crippen molar-refractivity contribution in [3.05, 3.63) is 48.7 Å². The van der Waals surface area contributed by atoms with Crippen LogP contribution in [0.25, 0.3) is 11.3 Å². The summed E-state index contributed by atoms with van der Waals surface area (Å²) in [5, 5.41) is 16.7. The molecular formula is C16H19N3O3. The molecule has 1 aromatic heterocycles. The number of hydrogen-bond acceptors (Lipinski definition) is 4. The van der Waals surface area contributed by atoms with Crippen LogP contribution in [0.2, 0.25) is 0 Å². The molecule has 0 aliphatic heterocycles. The van der Waals surface area contributed by atoms with Crippen molar-refractivity contribution in [1.82, 2.24) is 15.0 Å². The molecule has 0 amide bonds. The predicted octanol–water partition coefficient (Wildman–Crippen LogP) is 2.16. The molecule has 2 rings (SSSR count). The smallest absolute Gasteiger partial charge is 0.305 e. The molecule has 0 atom stereocenters. The van der Waals surface area contributed by atoms with Gasteiger partial charge in [0.25, 0.3) is 0 Å². The van der Waals surface area contributed by atoms with E-state index < -0.39 is 5.97 Å². The lowest BCUT2D eigenvalue weighted by Crippen LogP contribution is -2.05. The van der Waals surface area contributed by atoms with E-state index in [1.807, 2.05) is 30.5 Å². The fraction of sp³-hybridized carbons (Fsp3) is 0.312. The Hall–Kier alpha value is -2.47. The van der Waals surface area contributed by atoms with Gasteiger partial charge in [0.2, 0.25) is 0 Å². The first-order chi connectivity index (χ1) is 10.7. The quantitative estimate of drug-likeness (QED) is 0.567. The number of carboxylic acids is 1. The Morgan fingerprint density at radius 2 is 2.27 bits per heavy atom. The summed E-state index contributed by atoms with van der Waals surface area (Å²) in [5.41, 5.74) is 2.93. The van der Waals surface area contributed by atoms with Crippen LogP contribution in [0.5, 0.6) is 0 Å². The van der Waals surface area contributed by atoms with Gasteiger partial charge < -0.3 is 9.84 Å². The lowest BCUT2D eigenvalue weighted by atomic mass is 10.1. The Morgan fingerprint density at radius 3 is 3.05 bits per heavy atom. The molecule has 6 heteroatoms. The first-order valence-electron chi connectivity index (χ1n) is 7.09. The lowest BCUT2D eigenvalue weighted by Gasteiger charge is -2.04. The van der Waals surface area contributed by atoms with E-state index in [9.17, 15) is 4.79 Å². The Kier molecular flexibility index (Phi) is 5.85. The fourth-order valence-electron chi connectivity index (χ4n) is 1.99. The molecule has 22 heavy (non-hydrogen) atoms. The first kappa shape index (κ1) is 15.9. The molecule has 0 aliphatic carbocycles. The van der Waals surface area contributed by atoms with Crippen LogP contribution in [-0.2, 0) is 22.5 Å². The minimum Gasteiger partial charge on any atom is -0.481 e. The van der Waals surface area contributed by atoms with E-state index >= 15 is 0 Å². The van der Waals surface area contributed by atoms with Gasteiger partial charge in [0, 0.05) is 5.56 Å². The summed E-state index contributed by atoms with van der Waals surface area (Å²) in [7, 11) is 0. The van der Waals surface area contributed by atoms with Crippen molar-refractivity contribution >= 4 is 5.97 Å². The Morgan fingerprint density at radius 1 is 1.41 bits per heavy atom. The highest BCUT2D eigenvalue weighted by Gasteiger charge is 2.04. The van der Waals surface area contributed by atoms with E-state index in [4.69, 9.17) is 9.84 Å². The van der Waals surface area contributed by atoms with E-state index in [0.29, 0.717) is 13.2 Å². The van der Waals surface area contributed by atoms with Gasteiger partial charge in [-0.1, -0.05) is 29.5 Å². The second-order valence-corrected chi connectivity index (χ2v) is 4.82. The van der Waals surface area contributed by atoms with Crippen LogP contribution in [0.4, 0.5) is 0 Å². The molecule has 1 heterocycles. The summed E-state index contributed by atoms with van der Waals surface area (Å²) in [4.78, 5) is 10.4. The van der Waals surface area contributed by atoms with Crippen LogP contribution in [0.15, 0.2) is 43.1 Å². The molecule has 0 saturated heterocycles. The highest BCUT2D eigenvalue weighted by Crippen LogP contribution is 2.18. The zero-order chi connectivity index (χ0) is 15.8. The molecular weight excluding hydrogens is 282 g/mol. The van der Waals surface area contributed by atoms with E-state index in [2.05, 4.69) is 16.9 Å². The second kappa shape index (κ2) is 8.09. The SMILES string of the molecule is C=CCn1cc(-c2cccc(CCOCCC(=O)O)c2)nn1. The fourth-order valence-corrected chi connectivity index (χ4v) is 1.99. The highest BCUT2D eigenvalue weighted by atomic mass is 16.5. The molecule has 6 nitrogen and oxygen atoms in total. The summed E-state index contributed by atoms with van der Waals surface area (Å²) in [6.07, 6.45) is 4.41. The summed E-state index contributed by atoms with van der Waals surface area (Å²) in [6.45, 7) is 5.04. The third-order valence-corrected chi connectivity index (χ3v) is 3.07. The number of allylic oxidation sites excluding steroid dienone is 1. The monoisotopic (exact) mass is 301 g/mol. The maximum absolute atomic E-state index is 10.4. The van der Waals surface area contributed by atoms with Gasteiger partial charge in [-0.2, -0.15) is 0 Å². The van der Waals surface area contributed by atoms with E-state index in [-0.39, 0.29) is 13.0 Å². The molecule has 2 aromatic rings. The number of aromatic nitrogens is 3. The molecule has 0 bridgehead atoms. The second-order valence-electron chi connectivity index (χ2n) is 4.82.